The highest BCUT2D eigenvalue weighted by molar-refractivity contribution is 5.96. The van der Waals surface area contributed by atoms with Crippen molar-refractivity contribution in [2.75, 3.05) is 7.11 Å². The van der Waals surface area contributed by atoms with Crippen LogP contribution in [-0.4, -0.2) is 31.0 Å². The van der Waals surface area contributed by atoms with E-state index < -0.39 is 23.9 Å². The molecule has 2 rings (SSSR count). The van der Waals surface area contributed by atoms with Crippen LogP contribution in [0.15, 0.2) is 60.7 Å². The maximum Gasteiger partial charge on any atom is 0.331 e. The number of carbonyl (C=O) groups is 3. The molecule has 0 fully saturated rings. The average molecular weight is 368 g/mol. The quantitative estimate of drug-likeness (QED) is 0.463. The van der Waals surface area contributed by atoms with Crippen molar-refractivity contribution in [1.82, 2.24) is 10.9 Å². The van der Waals surface area contributed by atoms with Crippen molar-refractivity contribution >= 4 is 23.9 Å². The first-order valence-electron chi connectivity index (χ1n) is 8.17. The maximum atomic E-state index is 11.9. The smallest absolute Gasteiger partial charge is 0.331 e. The van der Waals surface area contributed by atoms with Crippen molar-refractivity contribution in [2.24, 2.45) is 0 Å². The first kappa shape index (κ1) is 19.7. The highest BCUT2D eigenvalue weighted by Crippen LogP contribution is 2.12. The van der Waals surface area contributed by atoms with Crippen molar-refractivity contribution in [1.29, 1.82) is 0 Å². The van der Waals surface area contributed by atoms with Crippen molar-refractivity contribution in [2.45, 2.75) is 13.0 Å². The van der Waals surface area contributed by atoms with Crippen molar-refractivity contribution in [3.8, 4) is 5.75 Å². The zero-order valence-corrected chi connectivity index (χ0v) is 15.0. The second kappa shape index (κ2) is 9.76. The fraction of sp³-hybridized carbons (Fsp3) is 0.150. The largest absolute Gasteiger partial charge is 0.497 e. The molecule has 140 valence electrons. The van der Waals surface area contributed by atoms with Crippen LogP contribution in [0.3, 0.4) is 0 Å². The molecule has 2 amide bonds. The molecule has 7 heteroatoms. The molecule has 2 aromatic rings. The van der Waals surface area contributed by atoms with E-state index in [0.29, 0.717) is 11.3 Å². The Morgan fingerprint density at radius 2 is 1.63 bits per heavy atom. The molecule has 0 unspecified atom stereocenters. The van der Waals surface area contributed by atoms with Crippen molar-refractivity contribution < 1.29 is 23.9 Å². The number of benzene rings is 2. The Morgan fingerprint density at radius 1 is 0.963 bits per heavy atom. The van der Waals surface area contributed by atoms with Gasteiger partial charge >= 0.3 is 5.97 Å². The monoisotopic (exact) mass is 368 g/mol. The Labute approximate surface area is 156 Å². The number of amides is 2. The zero-order chi connectivity index (χ0) is 19.6. The van der Waals surface area contributed by atoms with Gasteiger partial charge in [0, 0.05) is 11.6 Å². The lowest BCUT2D eigenvalue weighted by molar-refractivity contribution is -0.150. The summed E-state index contributed by atoms with van der Waals surface area (Å²) >= 11 is 0. The fourth-order valence-corrected chi connectivity index (χ4v) is 2.03. The molecule has 0 aliphatic heterocycles. The molecule has 27 heavy (non-hydrogen) atoms. The third-order valence-corrected chi connectivity index (χ3v) is 3.53. The second-order valence-electron chi connectivity index (χ2n) is 5.50. The van der Waals surface area contributed by atoms with Crippen LogP contribution in [0.5, 0.6) is 5.75 Å². The van der Waals surface area contributed by atoms with Crippen LogP contribution in [0.25, 0.3) is 6.08 Å². The predicted molar refractivity (Wildman–Crippen MR) is 99.6 cm³/mol. The van der Waals surface area contributed by atoms with Gasteiger partial charge < -0.3 is 9.47 Å². The highest BCUT2D eigenvalue weighted by Gasteiger charge is 2.17. The molecule has 0 bridgehead atoms. The van der Waals surface area contributed by atoms with E-state index in [4.69, 9.17) is 9.47 Å². The summed E-state index contributed by atoms with van der Waals surface area (Å²) in [5.74, 6) is -1.09. The number of hydrazine groups is 1. The zero-order valence-electron chi connectivity index (χ0n) is 15.0. The van der Waals surface area contributed by atoms with Gasteiger partial charge in [0.15, 0.2) is 6.10 Å². The van der Waals surface area contributed by atoms with E-state index in [0.717, 1.165) is 5.56 Å². The third-order valence-electron chi connectivity index (χ3n) is 3.53. The van der Waals surface area contributed by atoms with Gasteiger partial charge in [0.1, 0.15) is 5.75 Å². The Kier molecular flexibility index (Phi) is 7.13. The molecule has 0 radical (unpaired) electrons. The summed E-state index contributed by atoms with van der Waals surface area (Å²) in [6, 6.07) is 15.5. The normalized spacial score (nSPS) is 11.5. The van der Waals surface area contributed by atoms with Crippen LogP contribution in [0.4, 0.5) is 0 Å². The van der Waals surface area contributed by atoms with Gasteiger partial charge in [-0.25, -0.2) is 4.79 Å². The minimum Gasteiger partial charge on any atom is -0.497 e. The molecular formula is C20H20N2O5. The number of nitrogens with one attached hydrogen (secondary N) is 2. The molecule has 0 heterocycles. The minimum atomic E-state index is -1.07. The fourth-order valence-electron chi connectivity index (χ4n) is 2.03. The van der Waals surface area contributed by atoms with E-state index >= 15 is 0 Å². The number of hydrogen-bond donors (Lipinski definition) is 2. The summed E-state index contributed by atoms with van der Waals surface area (Å²) in [5, 5.41) is 0. The summed E-state index contributed by atoms with van der Waals surface area (Å²) in [5.41, 5.74) is 5.65. The summed E-state index contributed by atoms with van der Waals surface area (Å²) in [4.78, 5) is 35.6. The molecule has 0 aromatic heterocycles. The number of esters is 1. The van der Waals surface area contributed by atoms with Gasteiger partial charge in [0.05, 0.1) is 7.11 Å². The van der Waals surface area contributed by atoms with Gasteiger partial charge in [-0.15, -0.1) is 0 Å². The van der Waals surface area contributed by atoms with Crippen molar-refractivity contribution in [3.05, 3.63) is 71.8 Å². The van der Waals surface area contributed by atoms with Crippen molar-refractivity contribution in [3.63, 3.8) is 0 Å². The SMILES string of the molecule is COc1ccc(/C=C/C(=O)O[C@@H](C)C(=O)NNC(=O)c2ccccc2)cc1. The van der Waals surface area contributed by atoms with Crippen LogP contribution in [0.1, 0.15) is 22.8 Å². The number of rotatable bonds is 6. The Bertz CT molecular complexity index is 816. The predicted octanol–water partition coefficient (Wildman–Crippen LogP) is 2.10. The van der Waals surface area contributed by atoms with Crippen LogP contribution in [0, 0.1) is 0 Å². The summed E-state index contributed by atoms with van der Waals surface area (Å²) in [6.07, 6.45) is 1.70. The standard InChI is InChI=1S/C20H20N2O5/c1-14(19(24)21-22-20(25)16-6-4-3-5-7-16)27-18(23)13-10-15-8-11-17(26-2)12-9-15/h3-14H,1-2H3,(H,21,24)(H,22,25)/b13-10+/t14-/m0/s1. The molecule has 2 aromatic carbocycles. The molecule has 0 saturated heterocycles. The highest BCUT2D eigenvalue weighted by atomic mass is 16.5. The first-order chi connectivity index (χ1) is 13.0. The molecule has 0 spiro atoms. The number of ether oxygens (including phenoxy) is 2. The molecule has 0 aliphatic rings. The molecular weight excluding hydrogens is 348 g/mol. The van der Waals surface area contributed by atoms with Gasteiger partial charge in [-0.05, 0) is 42.8 Å². The lowest BCUT2D eigenvalue weighted by atomic mass is 10.2. The van der Waals surface area contributed by atoms with Gasteiger partial charge in [-0.1, -0.05) is 30.3 Å². The average Bonchev–Trinajstić information content (AvgIpc) is 2.71. The van der Waals surface area contributed by atoms with E-state index in [9.17, 15) is 14.4 Å². The summed E-state index contributed by atoms with van der Waals surface area (Å²) in [7, 11) is 1.57. The third kappa shape index (κ3) is 6.32. The summed E-state index contributed by atoms with van der Waals surface area (Å²) < 4.78 is 10.1. The Hall–Kier alpha value is -3.61. The van der Waals surface area contributed by atoms with Crippen LogP contribution >= 0.6 is 0 Å². The van der Waals surface area contributed by atoms with Gasteiger partial charge in [0.2, 0.25) is 0 Å². The van der Waals surface area contributed by atoms with Gasteiger partial charge in [0.25, 0.3) is 11.8 Å². The molecule has 0 aliphatic carbocycles. The Morgan fingerprint density at radius 3 is 2.26 bits per heavy atom. The summed E-state index contributed by atoms with van der Waals surface area (Å²) in [6.45, 7) is 1.41. The van der Waals surface area contributed by atoms with E-state index in [2.05, 4.69) is 10.9 Å². The molecule has 2 N–H and O–H groups in total. The first-order valence-corrected chi connectivity index (χ1v) is 8.17. The maximum absolute atomic E-state index is 11.9. The molecule has 1 atom stereocenters. The minimum absolute atomic E-state index is 0.393. The lowest BCUT2D eigenvalue weighted by Gasteiger charge is -2.13. The lowest BCUT2D eigenvalue weighted by Crippen LogP contribution is -2.46. The molecule has 0 saturated carbocycles. The number of hydrogen-bond acceptors (Lipinski definition) is 5. The van der Waals surface area contributed by atoms with Crippen LogP contribution < -0.4 is 15.6 Å². The molecule has 7 nitrogen and oxygen atoms in total. The van der Waals surface area contributed by atoms with Crippen LogP contribution in [0.2, 0.25) is 0 Å². The van der Waals surface area contributed by atoms with Gasteiger partial charge in [-0.3, -0.25) is 20.4 Å². The van der Waals surface area contributed by atoms with E-state index in [1.165, 1.54) is 13.0 Å². The van der Waals surface area contributed by atoms with E-state index in [1.54, 1.807) is 67.8 Å². The van der Waals surface area contributed by atoms with Gasteiger partial charge in [-0.2, -0.15) is 0 Å². The Balaban J connectivity index is 1.79. The van der Waals surface area contributed by atoms with Crippen LogP contribution in [-0.2, 0) is 14.3 Å². The van der Waals surface area contributed by atoms with E-state index in [-0.39, 0.29) is 0 Å². The number of methoxy groups -OCH3 is 1. The topological polar surface area (TPSA) is 93.7 Å². The number of carbonyl (C=O) groups excluding carboxylic acids is 3. The van der Waals surface area contributed by atoms with E-state index in [1.807, 2.05) is 0 Å². The second-order valence-corrected chi connectivity index (χ2v) is 5.50.